The average molecular weight is 255 g/mol. The molecule has 0 spiro atoms. The molecule has 6 nitrogen and oxygen atoms in total. The molecule has 0 atom stereocenters. The number of nitro groups is 1. The van der Waals surface area contributed by atoms with Gasteiger partial charge in [-0.05, 0) is 6.07 Å². The van der Waals surface area contributed by atoms with Crippen LogP contribution in [0.2, 0.25) is 0 Å². The molecule has 0 aromatic heterocycles. The van der Waals surface area contributed by atoms with Gasteiger partial charge in [-0.2, -0.15) is 5.26 Å². The van der Waals surface area contributed by atoms with Crippen molar-refractivity contribution in [1.82, 2.24) is 0 Å². The van der Waals surface area contributed by atoms with Crippen LogP contribution >= 0.6 is 11.6 Å². The first kappa shape index (κ1) is 12.9. The van der Waals surface area contributed by atoms with Crippen LogP contribution in [-0.2, 0) is 0 Å². The molecule has 0 fully saturated rings. The van der Waals surface area contributed by atoms with Crippen LogP contribution in [0.1, 0.15) is 15.9 Å². The molecule has 0 saturated carbocycles. The van der Waals surface area contributed by atoms with E-state index in [1.165, 1.54) is 7.11 Å². The lowest BCUT2D eigenvalue weighted by Crippen LogP contribution is -2.05. The molecule has 0 amide bonds. The molecule has 7 heteroatoms. The van der Waals surface area contributed by atoms with Crippen molar-refractivity contribution in [3.63, 3.8) is 0 Å². The van der Waals surface area contributed by atoms with Crippen LogP contribution in [0.25, 0.3) is 0 Å². The van der Waals surface area contributed by atoms with Gasteiger partial charge in [0.1, 0.15) is 17.4 Å². The standard InChI is InChI=1S/C10H7ClN2O4/c1-17-10-3-8(13(15)16)6(5-12)2-7(10)9(14)4-11/h2-3H,4H2,1H3. The van der Waals surface area contributed by atoms with Gasteiger partial charge in [0.25, 0.3) is 5.69 Å². The first-order valence-corrected chi connectivity index (χ1v) is 4.94. The third-order valence-corrected chi connectivity index (χ3v) is 2.30. The Bertz CT molecular complexity index is 522. The van der Waals surface area contributed by atoms with E-state index in [0.29, 0.717) is 0 Å². The Hall–Kier alpha value is -2.13. The van der Waals surface area contributed by atoms with Gasteiger partial charge in [-0.25, -0.2) is 0 Å². The summed E-state index contributed by atoms with van der Waals surface area (Å²) in [6.45, 7) is 0. The number of nitro benzene ring substituents is 1. The van der Waals surface area contributed by atoms with E-state index in [2.05, 4.69) is 0 Å². The van der Waals surface area contributed by atoms with Gasteiger partial charge in [-0.15, -0.1) is 11.6 Å². The zero-order valence-corrected chi connectivity index (χ0v) is 9.52. The summed E-state index contributed by atoms with van der Waals surface area (Å²) in [4.78, 5) is 21.4. The van der Waals surface area contributed by atoms with E-state index in [9.17, 15) is 14.9 Å². The van der Waals surface area contributed by atoms with Crippen LogP contribution in [0.3, 0.4) is 0 Å². The van der Waals surface area contributed by atoms with Gasteiger partial charge in [0, 0.05) is 0 Å². The Morgan fingerprint density at radius 1 is 1.65 bits per heavy atom. The summed E-state index contributed by atoms with van der Waals surface area (Å²) in [6, 6.07) is 3.81. The van der Waals surface area contributed by atoms with Gasteiger partial charge in [0.15, 0.2) is 5.78 Å². The van der Waals surface area contributed by atoms with Crippen LogP contribution in [0, 0.1) is 21.4 Å². The molecule has 1 aromatic carbocycles. The van der Waals surface area contributed by atoms with Gasteiger partial charge < -0.3 is 4.74 Å². The Balaban J connectivity index is 3.50. The molecular formula is C10H7ClN2O4. The van der Waals surface area contributed by atoms with Gasteiger partial charge in [-0.1, -0.05) is 0 Å². The molecule has 1 aromatic rings. The normalized spacial score (nSPS) is 9.47. The fourth-order valence-corrected chi connectivity index (χ4v) is 1.41. The van der Waals surface area contributed by atoms with Crippen molar-refractivity contribution in [3.8, 4) is 11.8 Å². The number of benzene rings is 1. The molecule has 0 heterocycles. The largest absolute Gasteiger partial charge is 0.496 e. The molecule has 0 aliphatic heterocycles. The minimum absolute atomic E-state index is 0.0290. The Morgan fingerprint density at radius 2 is 2.29 bits per heavy atom. The molecule has 0 radical (unpaired) electrons. The summed E-state index contributed by atoms with van der Waals surface area (Å²) in [5.41, 5.74) is -0.551. The highest BCUT2D eigenvalue weighted by atomic mass is 35.5. The molecule has 17 heavy (non-hydrogen) atoms. The number of alkyl halides is 1. The van der Waals surface area contributed by atoms with E-state index in [1.54, 1.807) is 6.07 Å². The molecular weight excluding hydrogens is 248 g/mol. The fraction of sp³-hybridized carbons (Fsp3) is 0.200. The smallest absolute Gasteiger partial charge is 0.290 e. The van der Waals surface area contributed by atoms with Crippen molar-refractivity contribution in [2.75, 3.05) is 13.0 Å². The summed E-state index contributed by atoms with van der Waals surface area (Å²) >= 11 is 5.39. The van der Waals surface area contributed by atoms with E-state index >= 15 is 0 Å². The van der Waals surface area contributed by atoms with E-state index < -0.39 is 16.4 Å². The number of halogens is 1. The molecule has 1 rings (SSSR count). The first-order valence-electron chi connectivity index (χ1n) is 4.40. The summed E-state index contributed by atoms with van der Waals surface area (Å²) in [6.07, 6.45) is 0. The monoisotopic (exact) mass is 254 g/mol. The van der Waals surface area contributed by atoms with Gasteiger partial charge in [0.2, 0.25) is 0 Å². The topological polar surface area (TPSA) is 93.2 Å². The number of nitriles is 1. The van der Waals surface area contributed by atoms with Crippen molar-refractivity contribution in [1.29, 1.82) is 5.26 Å². The maximum absolute atomic E-state index is 11.5. The Morgan fingerprint density at radius 3 is 2.71 bits per heavy atom. The van der Waals surface area contributed by atoms with Crippen molar-refractivity contribution in [3.05, 3.63) is 33.4 Å². The van der Waals surface area contributed by atoms with Crippen LogP contribution < -0.4 is 4.74 Å². The predicted octanol–water partition coefficient (Wildman–Crippen LogP) is 1.90. The first-order chi connectivity index (χ1) is 8.04. The summed E-state index contributed by atoms with van der Waals surface area (Å²) in [5, 5.41) is 19.5. The Kier molecular flexibility index (Phi) is 4.01. The lowest BCUT2D eigenvalue weighted by atomic mass is 10.1. The third kappa shape index (κ3) is 2.52. The number of ketones is 1. The second-order valence-electron chi connectivity index (χ2n) is 3.00. The lowest BCUT2D eigenvalue weighted by molar-refractivity contribution is -0.385. The molecule has 88 valence electrons. The highest BCUT2D eigenvalue weighted by molar-refractivity contribution is 6.30. The molecule has 0 aliphatic rings. The van der Waals surface area contributed by atoms with Gasteiger partial charge in [0.05, 0.1) is 29.5 Å². The summed E-state index contributed by atoms with van der Waals surface area (Å²) in [7, 11) is 1.27. The number of nitrogens with zero attached hydrogens (tertiary/aromatic N) is 2. The van der Waals surface area contributed by atoms with Crippen LogP contribution in [-0.4, -0.2) is 23.7 Å². The highest BCUT2D eigenvalue weighted by Gasteiger charge is 2.21. The van der Waals surface area contributed by atoms with E-state index in [-0.39, 0.29) is 22.8 Å². The van der Waals surface area contributed by atoms with Gasteiger partial charge >= 0.3 is 0 Å². The summed E-state index contributed by atoms with van der Waals surface area (Å²) in [5.74, 6) is -0.727. The maximum Gasteiger partial charge on any atom is 0.290 e. The zero-order chi connectivity index (χ0) is 13.0. The maximum atomic E-state index is 11.5. The second kappa shape index (κ2) is 5.27. The number of methoxy groups -OCH3 is 1. The van der Waals surface area contributed by atoms with Gasteiger partial charge in [-0.3, -0.25) is 14.9 Å². The van der Waals surface area contributed by atoms with Crippen LogP contribution in [0.15, 0.2) is 12.1 Å². The number of ether oxygens (including phenoxy) is 1. The zero-order valence-electron chi connectivity index (χ0n) is 8.77. The third-order valence-electron chi connectivity index (χ3n) is 2.06. The predicted molar refractivity (Wildman–Crippen MR) is 59.4 cm³/mol. The second-order valence-corrected chi connectivity index (χ2v) is 3.26. The van der Waals surface area contributed by atoms with E-state index in [0.717, 1.165) is 12.1 Å². The number of hydrogen-bond acceptors (Lipinski definition) is 5. The molecule has 0 saturated heterocycles. The van der Waals surface area contributed by atoms with Crippen molar-refractivity contribution < 1.29 is 14.5 Å². The van der Waals surface area contributed by atoms with Crippen LogP contribution in [0.5, 0.6) is 5.75 Å². The Labute approximate surface area is 102 Å². The van der Waals surface area contributed by atoms with Crippen molar-refractivity contribution in [2.45, 2.75) is 0 Å². The summed E-state index contributed by atoms with van der Waals surface area (Å²) < 4.78 is 4.87. The van der Waals surface area contributed by atoms with E-state index in [1.807, 2.05) is 0 Å². The minimum Gasteiger partial charge on any atom is -0.496 e. The number of Topliss-reactive ketones (excluding diaryl/α,β-unsaturated/α-hetero) is 1. The number of carbonyl (C=O) groups is 1. The molecule has 0 bridgehead atoms. The molecule has 0 aliphatic carbocycles. The number of hydrogen-bond donors (Lipinski definition) is 0. The van der Waals surface area contributed by atoms with Crippen molar-refractivity contribution >= 4 is 23.1 Å². The molecule has 0 N–H and O–H groups in total. The number of carbonyl (C=O) groups excluding carboxylic acids is 1. The fourth-order valence-electron chi connectivity index (χ4n) is 1.27. The highest BCUT2D eigenvalue weighted by Crippen LogP contribution is 2.29. The minimum atomic E-state index is -0.712. The lowest BCUT2D eigenvalue weighted by Gasteiger charge is -2.06. The number of rotatable bonds is 4. The van der Waals surface area contributed by atoms with E-state index in [4.69, 9.17) is 21.6 Å². The van der Waals surface area contributed by atoms with Crippen LogP contribution in [0.4, 0.5) is 5.69 Å². The average Bonchev–Trinajstić information content (AvgIpc) is 2.35. The SMILES string of the molecule is COc1cc([N+](=O)[O-])c(C#N)cc1C(=O)CCl. The quantitative estimate of drug-likeness (QED) is 0.354. The van der Waals surface area contributed by atoms with Crippen molar-refractivity contribution in [2.24, 2.45) is 0 Å². The molecule has 0 unspecified atom stereocenters.